The van der Waals surface area contributed by atoms with Crippen molar-refractivity contribution in [2.24, 2.45) is 5.73 Å². The second-order valence-electron chi connectivity index (χ2n) is 5.06. The number of primary amides is 1. The van der Waals surface area contributed by atoms with Crippen molar-refractivity contribution in [3.05, 3.63) is 30.1 Å². The lowest BCUT2D eigenvalue weighted by atomic mass is 10.1. The van der Waals surface area contributed by atoms with Crippen molar-refractivity contribution in [1.82, 2.24) is 5.32 Å². The van der Waals surface area contributed by atoms with Gasteiger partial charge in [0.05, 0.1) is 11.7 Å². The molecule has 0 spiro atoms. The van der Waals surface area contributed by atoms with Crippen molar-refractivity contribution in [1.29, 1.82) is 0 Å². The first kappa shape index (κ1) is 13.8. The Morgan fingerprint density at radius 2 is 2.21 bits per heavy atom. The Morgan fingerprint density at radius 1 is 1.53 bits per heavy atom. The summed E-state index contributed by atoms with van der Waals surface area (Å²) in [5, 5.41) is 3.22. The van der Waals surface area contributed by atoms with Gasteiger partial charge < -0.3 is 16.0 Å². The molecule has 1 saturated carbocycles. The van der Waals surface area contributed by atoms with Crippen LogP contribution in [0.1, 0.15) is 19.3 Å². The van der Waals surface area contributed by atoms with Crippen molar-refractivity contribution in [3.63, 3.8) is 0 Å². The van der Waals surface area contributed by atoms with Crippen molar-refractivity contribution >= 4 is 11.6 Å². The first-order valence-electron chi connectivity index (χ1n) is 6.59. The molecule has 3 N–H and O–H groups in total. The van der Waals surface area contributed by atoms with Gasteiger partial charge in [-0.3, -0.25) is 4.79 Å². The van der Waals surface area contributed by atoms with Crippen LogP contribution in [-0.4, -0.2) is 31.6 Å². The Hall–Kier alpha value is -1.62. The Bertz CT molecular complexity index is 448. The monoisotopic (exact) mass is 265 g/mol. The number of para-hydroxylation sites is 1. The second kappa shape index (κ2) is 6.02. The van der Waals surface area contributed by atoms with Crippen LogP contribution in [0.4, 0.5) is 10.1 Å². The highest BCUT2D eigenvalue weighted by molar-refractivity contribution is 5.80. The van der Waals surface area contributed by atoms with Crippen LogP contribution in [0, 0.1) is 5.82 Å². The lowest BCUT2D eigenvalue weighted by Crippen LogP contribution is -2.44. The van der Waals surface area contributed by atoms with Gasteiger partial charge in [-0.25, -0.2) is 4.39 Å². The molecule has 1 unspecified atom stereocenters. The maximum Gasteiger partial charge on any atom is 0.234 e. The summed E-state index contributed by atoms with van der Waals surface area (Å²) in [5.41, 5.74) is 5.91. The molecule has 1 amide bonds. The van der Waals surface area contributed by atoms with E-state index in [1.807, 2.05) is 7.05 Å². The summed E-state index contributed by atoms with van der Waals surface area (Å²) in [5.74, 6) is -0.593. The van der Waals surface area contributed by atoms with Crippen LogP contribution in [0.2, 0.25) is 0 Å². The van der Waals surface area contributed by atoms with Gasteiger partial charge >= 0.3 is 0 Å². The number of nitrogens with zero attached hydrogens (tertiary/aromatic N) is 1. The number of hydrogen-bond donors (Lipinski definition) is 2. The summed E-state index contributed by atoms with van der Waals surface area (Å²) in [6.07, 6.45) is 2.79. The Balaban J connectivity index is 1.89. The highest BCUT2D eigenvalue weighted by atomic mass is 19.1. The van der Waals surface area contributed by atoms with Gasteiger partial charge in [0.25, 0.3) is 0 Å². The molecular weight excluding hydrogens is 245 g/mol. The van der Waals surface area contributed by atoms with Gasteiger partial charge in [-0.1, -0.05) is 12.1 Å². The molecule has 1 aliphatic carbocycles. The first-order valence-corrected chi connectivity index (χ1v) is 6.59. The predicted octanol–water partition coefficient (Wildman–Crippen LogP) is 1.26. The quantitative estimate of drug-likeness (QED) is 0.780. The predicted molar refractivity (Wildman–Crippen MR) is 73.4 cm³/mol. The summed E-state index contributed by atoms with van der Waals surface area (Å²) < 4.78 is 13.6. The van der Waals surface area contributed by atoms with E-state index in [0.717, 1.165) is 12.8 Å². The van der Waals surface area contributed by atoms with Crippen LogP contribution in [0.5, 0.6) is 0 Å². The molecule has 0 aliphatic heterocycles. The third-order valence-corrected chi connectivity index (χ3v) is 3.37. The zero-order valence-corrected chi connectivity index (χ0v) is 11.1. The smallest absolute Gasteiger partial charge is 0.234 e. The minimum atomic E-state index is -0.339. The molecule has 19 heavy (non-hydrogen) atoms. The average Bonchev–Trinajstić information content (AvgIpc) is 3.18. The number of amides is 1. The topological polar surface area (TPSA) is 58.4 Å². The largest absolute Gasteiger partial charge is 0.372 e. The van der Waals surface area contributed by atoms with E-state index in [1.165, 1.54) is 6.07 Å². The Morgan fingerprint density at radius 3 is 2.79 bits per heavy atom. The molecule has 1 aromatic rings. The van der Waals surface area contributed by atoms with Gasteiger partial charge in [-0.05, 0) is 31.4 Å². The number of hydrogen-bond acceptors (Lipinski definition) is 3. The van der Waals surface area contributed by atoms with E-state index >= 15 is 0 Å². The van der Waals surface area contributed by atoms with E-state index in [2.05, 4.69) is 5.32 Å². The van der Waals surface area contributed by atoms with Crippen LogP contribution in [0.25, 0.3) is 0 Å². The van der Waals surface area contributed by atoms with Crippen LogP contribution in [-0.2, 0) is 4.79 Å². The van der Waals surface area contributed by atoms with E-state index in [9.17, 15) is 9.18 Å². The first-order chi connectivity index (χ1) is 9.08. The van der Waals surface area contributed by atoms with Gasteiger partial charge in [0.2, 0.25) is 5.91 Å². The molecular formula is C14H20FN3O. The van der Waals surface area contributed by atoms with E-state index in [4.69, 9.17) is 5.73 Å². The molecule has 0 radical (unpaired) electrons. The normalized spacial score (nSPS) is 16.1. The lowest BCUT2D eigenvalue weighted by Gasteiger charge is -2.23. The molecule has 4 nitrogen and oxygen atoms in total. The number of carbonyl (C=O) groups excluding carboxylic acids is 1. The molecule has 2 rings (SSSR count). The van der Waals surface area contributed by atoms with Crippen LogP contribution in [0.15, 0.2) is 24.3 Å². The zero-order chi connectivity index (χ0) is 13.8. The van der Waals surface area contributed by atoms with Crippen LogP contribution < -0.4 is 16.0 Å². The third kappa shape index (κ3) is 3.92. The minimum absolute atomic E-state index is 0.254. The van der Waals surface area contributed by atoms with Gasteiger partial charge in [-0.2, -0.15) is 0 Å². The van der Waals surface area contributed by atoms with Crippen LogP contribution in [0.3, 0.4) is 0 Å². The van der Waals surface area contributed by atoms with Gasteiger partial charge in [-0.15, -0.1) is 0 Å². The molecule has 0 heterocycles. The van der Waals surface area contributed by atoms with E-state index in [0.29, 0.717) is 24.7 Å². The maximum absolute atomic E-state index is 13.6. The van der Waals surface area contributed by atoms with E-state index < -0.39 is 0 Å². The standard InChI is InChI=1S/C14H20FN3O/c1-18(13-5-3-2-4-11(13)15)9-8-12(14(16)19)17-10-6-7-10/h2-5,10,12,17H,6-9H2,1H3,(H2,16,19). The number of halogens is 1. The lowest BCUT2D eigenvalue weighted by molar-refractivity contribution is -0.120. The number of benzene rings is 1. The van der Waals surface area contributed by atoms with Crippen molar-refractivity contribution in [2.75, 3.05) is 18.5 Å². The number of nitrogens with two attached hydrogens (primary N) is 1. The van der Waals surface area contributed by atoms with Crippen LogP contribution >= 0.6 is 0 Å². The Kier molecular flexibility index (Phi) is 4.37. The fraction of sp³-hybridized carbons (Fsp3) is 0.500. The fourth-order valence-electron chi connectivity index (χ4n) is 2.05. The summed E-state index contributed by atoms with van der Waals surface area (Å²) in [4.78, 5) is 13.2. The Labute approximate surface area is 112 Å². The highest BCUT2D eigenvalue weighted by Crippen LogP contribution is 2.21. The summed E-state index contributed by atoms with van der Waals surface area (Å²) in [6, 6.07) is 6.71. The molecule has 1 fully saturated rings. The SMILES string of the molecule is CN(CCC(NC1CC1)C(N)=O)c1ccccc1F. The van der Waals surface area contributed by atoms with Gasteiger partial charge in [0.15, 0.2) is 0 Å². The number of anilines is 1. The van der Waals surface area contributed by atoms with E-state index in [-0.39, 0.29) is 17.8 Å². The molecule has 5 heteroatoms. The number of carbonyl (C=O) groups is 1. The minimum Gasteiger partial charge on any atom is -0.372 e. The van der Waals surface area contributed by atoms with Gasteiger partial charge in [0, 0.05) is 19.6 Å². The second-order valence-corrected chi connectivity index (χ2v) is 5.06. The molecule has 0 bridgehead atoms. The number of nitrogens with one attached hydrogen (secondary N) is 1. The zero-order valence-electron chi connectivity index (χ0n) is 11.1. The highest BCUT2D eigenvalue weighted by Gasteiger charge is 2.27. The molecule has 0 aromatic heterocycles. The third-order valence-electron chi connectivity index (χ3n) is 3.37. The molecule has 1 aliphatic rings. The number of rotatable bonds is 7. The maximum atomic E-state index is 13.6. The molecule has 0 saturated heterocycles. The fourth-order valence-corrected chi connectivity index (χ4v) is 2.05. The van der Waals surface area contributed by atoms with Crippen molar-refractivity contribution < 1.29 is 9.18 Å². The summed E-state index contributed by atoms with van der Waals surface area (Å²) >= 11 is 0. The van der Waals surface area contributed by atoms with Gasteiger partial charge in [0.1, 0.15) is 5.82 Å². The van der Waals surface area contributed by atoms with Crippen molar-refractivity contribution in [3.8, 4) is 0 Å². The summed E-state index contributed by atoms with van der Waals surface area (Å²) in [7, 11) is 1.81. The molecule has 104 valence electrons. The molecule has 1 atom stereocenters. The van der Waals surface area contributed by atoms with Crippen molar-refractivity contribution in [2.45, 2.75) is 31.3 Å². The molecule has 1 aromatic carbocycles. The van der Waals surface area contributed by atoms with E-state index in [1.54, 1.807) is 23.1 Å². The summed E-state index contributed by atoms with van der Waals surface area (Å²) in [6.45, 7) is 0.578. The average molecular weight is 265 g/mol.